The van der Waals surface area contributed by atoms with Crippen LogP contribution in [0.5, 0.6) is 23.0 Å². The molecule has 0 aromatic heterocycles. The molecular weight excluding hydrogens is 388 g/mol. The van der Waals surface area contributed by atoms with Crippen molar-refractivity contribution in [1.29, 1.82) is 0 Å². The van der Waals surface area contributed by atoms with Crippen molar-refractivity contribution in [2.24, 2.45) is 0 Å². The minimum Gasteiger partial charge on any atom is -0.493 e. The fourth-order valence-electron chi connectivity index (χ4n) is 2.80. The molecule has 30 heavy (non-hydrogen) atoms. The Morgan fingerprint density at radius 1 is 0.867 bits per heavy atom. The molecule has 0 aliphatic carbocycles. The minimum atomic E-state index is -0.544. The van der Waals surface area contributed by atoms with E-state index in [2.05, 4.69) is 31.6 Å². The molecule has 0 fully saturated rings. The van der Waals surface area contributed by atoms with Gasteiger partial charge in [0.15, 0.2) is 18.1 Å². The maximum Gasteiger partial charge on any atom is 0.276 e. The number of methoxy groups -OCH3 is 3. The first-order chi connectivity index (χ1) is 14.2. The van der Waals surface area contributed by atoms with Crippen LogP contribution < -0.4 is 29.8 Å². The monoisotopic (exact) mass is 416 g/mol. The Bertz CT molecular complexity index is 880. The highest BCUT2D eigenvalue weighted by atomic mass is 16.5. The highest BCUT2D eigenvalue weighted by molar-refractivity contribution is 5.96. The van der Waals surface area contributed by atoms with Crippen molar-refractivity contribution in [3.63, 3.8) is 0 Å². The molecule has 2 aromatic rings. The van der Waals surface area contributed by atoms with E-state index in [1.54, 1.807) is 0 Å². The van der Waals surface area contributed by atoms with Gasteiger partial charge >= 0.3 is 0 Å². The third-order valence-electron chi connectivity index (χ3n) is 4.30. The predicted octanol–water partition coefficient (Wildman–Crippen LogP) is 2.85. The summed E-state index contributed by atoms with van der Waals surface area (Å²) in [6, 6.07) is 10.5. The SMILES string of the molecule is COc1cc(C(=O)NNC(=O)COc2ccccc2C(C)(C)C)cc(OC)c1OC. The fourth-order valence-corrected chi connectivity index (χ4v) is 2.80. The number of hydrogen-bond acceptors (Lipinski definition) is 6. The van der Waals surface area contributed by atoms with Crippen molar-refractivity contribution in [2.75, 3.05) is 27.9 Å². The van der Waals surface area contributed by atoms with Gasteiger partial charge in [0, 0.05) is 5.56 Å². The summed E-state index contributed by atoms with van der Waals surface area (Å²) < 4.78 is 21.3. The average Bonchev–Trinajstić information content (AvgIpc) is 2.74. The number of hydrazine groups is 1. The quantitative estimate of drug-likeness (QED) is 0.674. The van der Waals surface area contributed by atoms with E-state index in [0.29, 0.717) is 23.0 Å². The van der Waals surface area contributed by atoms with Gasteiger partial charge in [-0.05, 0) is 29.2 Å². The van der Waals surface area contributed by atoms with Crippen LogP contribution in [0.3, 0.4) is 0 Å². The number of benzene rings is 2. The topological polar surface area (TPSA) is 95.1 Å². The van der Waals surface area contributed by atoms with Crippen molar-refractivity contribution < 1.29 is 28.5 Å². The number of amides is 2. The Balaban J connectivity index is 2.00. The van der Waals surface area contributed by atoms with Crippen LogP contribution in [0.15, 0.2) is 36.4 Å². The van der Waals surface area contributed by atoms with Gasteiger partial charge in [0.2, 0.25) is 5.75 Å². The van der Waals surface area contributed by atoms with E-state index in [1.165, 1.54) is 33.5 Å². The normalized spacial score (nSPS) is 10.7. The molecule has 0 saturated heterocycles. The molecule has 0 atom stereocenters. The van der Waals surface area contributed by atoms with E-state index in [4.69, 9.17) is 18.9 Å². The van der Waals surface area contributed by atoms with E-state index in [9.17, 15) is 9.59 Å². The van der Waals surface area contributed by atoms with Crippen LogP contribution in [0, 0.1) is 0 Å². The van der Waals surface area contributed by atoms with E-state index in [1.807, 2.05) is 24.3 Å². The van der Waals surface area contributed by atoms with Gasteiger partial charge in [-0.25, -0.2) is 0 Å². The molecule has 8 heteroatoms. The first-order valence-corrected chi connectivity index (χ1v) is 9.32. The number of carbonyl (C=O) groups excluding carboxylic acids is 2. The zero-order valence-corrected chi connectivity index (χ0v) is 18.1. The lowest BCUT2D eigenvalue weighted by Gasteiger charge is -2.22. The van der Waals surface area contributed by atoms with Crippen LogP contribution in [0.25, 0.3) is 0 Å². The molecule has 0 unspecified atom stereocenters. The van der Waals surface area contributed by atoms with Crippen LogP contribution in [0.2, 0.25) is 0 Å². The molecule has 0 aliphatic heterocycles. The Morgan fingerprint density at radius 3 is 2.00 bits per heavy atom. The zero-order chi connectivity index (χ0) is 22.3. The number of rotatable bonds is 7. The summed E-state index contributed by atoms with van der Waals surface area (Å²) in [5.74, 6) is 0.602. The summed E-state index contributed by atoms with van der Waals surface area (Å²) in [6.45, 7) is 5.94. The molecular formula is C22H28N2O6. The second kappa shape index (κ2) is 9.87. The number of carbonyl (C=O) groups is 2. The number of para-hydroxylation sites is 1. The van der Waals surface area contributed by atoms with E-state index in [-0.39, 0.29) is 17.6 Å². The van der Waals surface area contributed by atoms with Gasteiger partial charge in [-0.3, -0.25) is 20.4 Å². The molecule has 0 heterocycles. The second-order valence-electron chi connectivity index (χ2n) is 7.45. The molecule has 0 aliphatic rings. The third kappa shape index (κ3) is 5.56. The average molecular weight is 416 g/mol. The largest absolute Gasteiger partial charge is 0.493 e. The van der Waals surface area contributed by atoms with Crippen molar-refractivity contribution in [3.8, 4) is 23.0 Å². The lowest BCUT2D eigenvalue weighted by atomic mass is 9.86. The number of nitrogens with one attached hydrogen (secondary N) is 2. The highest BCUT2D eigenvalue weighted by Gasteiger charge is 2.20. The maximum absolute atomic E-state index is 12.4. The summed E-state index contributed by atoms with van der Waals surface area (Å²) in [4.78, 5) is 24.6. The summed E-state index contributed by atoms with van der Waals surface area (Å²) in [6.07, 6.45) is 0. The lowest BCUT2D eigenvalue weighted by molar-refractivity contribution is -0.123. The van der Waals surface area contributed by atoms with Gasteiger partial charge in [0.25, 0.3) is 11.8 Å². The van der Waals surface area contributed by atoms with Crippen LogP contribution in [-0.2, 0) is 10.2 Å². The summed E-state index contributed by atoms with van der Waals surface area (Å²) in [7, 11) is 4.37. The van der Waals surface area contributed by atoms with Gasteiger partial charge in [-0.1, -0.05) is 39.0 Å². The first kappa shape index (κ1) is 22.9. The summed E-state index contributed by atoms with van der Waals surface area (Å²) in [5, 5.41) is 0. The van der Waals surface area contributed by atoms with E-state index in [0.717, 1.165) is 5.56 Å². The Kier molecular flexibility index (Phi) is 7.52. The van der Waals surface area contributed by atoms with Gasteiger partial charge in [-0.15, -0.1) is 0 Å². The van der Waals surface area contributed by atoms with Gasteiger partial charge in [0.1, 0.15) is 5.75 Å². The molecule has 0 saturated carbocycles. The van der Waals surface area contributed by atoms with Crippen LogP contribution >= 0.6 is 0 Å². The molecule has 2 rings (SSSR count). The smallest absolute Gasteiger partial charge is 0.276 e. The Morgan fingerprint density at radius 2 is 1.47 bits per heavy atom. The van der Waals surface area contributed by atoms with Crippen molar-refractivity contribution in [3.05, 3.63) is 47.5 Å². The summed E-state index contributed by atoms with van der Waals surface area (Å²) in [5.41, 5.74) is 5.77. The second-order valence-corrected chi connectivity index (χ2v) is 7.45. The van der Waals surface area contributed by atoms with Crippen LogP contribution in [0.4, 0.5) is 0 Å². The van der Waals surface area contributed by atoms with Gasteiger partial charge in [0.05, 0.1) is 21.3 Å². The fraction of sp³-hybridized carbons (Fsp3) is 0.364. The van der Waals surface area contributed by atoms with Crippen molar-refractivity contribution in [2.45, 2.75) is 26.2 Å². The van der Waals surface area contributed by atoms with Crippen molar-refractivity contribution >= 4 is 11.8 Å². The van der Waals surface area contributed by atoms with E-state index < -0.39 is 11.8 Å². The van der Waals surface area contributed by atoms with Crippen molar-refractivity contribution in [1.82, 2.24) is 10.9 Å². The molecule has 2 N–H and O–H groups in total. The van der Waals surface area contributed by atoms with E-state index >= 15 is 0 Å². The highest BCUT2D eigenvalue weighted by Crippen LogP contribution is 2.38. The standard InChI is InChI=1S/C22H28N2O6/c1-22(2,3)15-9-7-8-10-16(15)30-13-19(25)23-24-21(26)14-11-17(27-4)20(29-6)18(12-14)28-5/h7-12H,13H2,1-6H3,(H,23,25)(H,24,26). The summed E-state index contributed by atoms with van der Waals surface area (Å²) >= 11 is 0. The van der Waals surface area contributed by atoms with Gasteiger partial charge in [-0.2, -0.15) is 0 Å². The van der Waals surface area contributed by atoms with Crippen LogP contribution in [-0.4, -0.2) is 39.8 Å². The van der Waals surface area contributed by atoms with Gasteiger partial charge < -0.3 is 18.9 Å². The number of hydrogen-bond donors (Lipinski definition) is 2. The molecule has 0 radical (unpaired) electrons. The predicted molar refractivity (Wildman–Crippen MR) is 112 cm³/mol. The molecule has 0 spiro atoms. The van der Waals surface area contributed by atoms with Crippen LogP contribution in [0.1, 0.15) is 36.7 Å². The Hall–Kier alpha value is -3.42. The molecule has 162 valence electrons. The maximum atomic E-state index is 12.4. The number of ether oxygens (including phenoxy) is 4. The Labute approximate surface area is 176 Å². The zero-order valence-electron chi connectivity index (χ0n) is 18.1. The third-order valence-corrected chi connectivity index (χ3v) is 4.30. The minimum absolute atomic E-state index is 0.131. The molecule has 8 nitrogen and oxygen atoms in total. The molecule has 2 amide bonds. The first-order valence-electron chi connectivity index (χ1n) is 9.32. The lowest BCUT2D eigenvalue weighted by Crippen LogP contribution is -2.43. The molecule has 2 aromatic carbocycles. The molecule has 0 bridgehead atoms.